The van der Waals surface area contributed by atoms with Crippen molar-refractivity contribution in [2.24, 2.45) is 0 Å². The first-order valence-electron chi connectivity index (χ1n) is 9.43. The van der Waals surface area contributed by atoms with Gasteiger partial charge >= 0.3 is 0 Å². The molecule has 0 N–H and O–H groups in total. The maximum Gasteiger partial charge on any atom is 0.270 e. The molecule has 0 aliphatic carbocycles. The standard InChI is InChI=1S/C21H24ClN3O3.ClH/c1-23(12-9-16-5-3-2-4-6-16)17-10-13-24(14-11-17)21(26)19-8-7-18(25(27)28)15-20(19)22;/h2-8,15,17H,9-14H2,1H3;1H. The molecule has 2 aromatic rings. The zero-order valence-electron chi connectivity index (χ0n) is 16.3. The average molecular weight is 438 g/mol. The van der Waals surface area contributed by atoms with Crippen molar-refractivity contribution >= 4 is 35.6 Å². The van der Waals surface area contributed by atoms with Gasteiger partial charge in [-0.1, -0.05) is 41.9 Å². The molecule has 8 heteroatoms. The molecule has 0 bridgehead atoms. The summed E-state index contributed by atoms with van der Waals surface area (Å²) in [6, 6.07) is 14.9. The van der Waals surface area contributed by atoms with Crippen LogP contribution in [0, 0.1) is 10.1 Å². The summed E-state index contributed by atoms with van der Waals surface area (Å²) in [5, 5.41) is 11.0. The van der Waals surface area contributed by atoms with Crippen molar-refractivity contribution < 1.29 is 9.72 Å². The molecule has 0 unspecified atom stereocenters. The Balaban J connectivity index is 0.00000300. The first-order chi connectivity index (χ1) is 13.5. The predicted octanol–water partition coefficient (Wildman–Crippen LogP) is 4.45. The van der Waals surface area contributed by atoms with Crippen LogP contribution in [0.5, 0.6) is 0 Å². The number of likely N-dealkylation sites (N-methyl/N-ethyl adjacent to an activating group) is 1. The largest absolute Gasteiger partial charge is 0.338 e. The number of hydrogen-bond donors (Lipinski definition) is 0. The van der Waals surface area contributed by atoms with E-state index < -0.39 is 4.92 Å². The van der Waals surface area contributed by atoms with Crippen molar-refractivity contribution in [3.05, 3.63) is 74.8 Å². The first kappa shape index (κ1) is 23.1. The van der Waals surface area contributed by atoms with Gasteiger partial charge in [0.15, 0.2) is 0 Å². The molecule has 6 nitrogen and oxygen atoms in total. The Kier molecular flexibility index (Phi) is 8.44. The molecule has 1 saturated heterocycles. The van der Waals surface area contributed by atoms with Crippen LogP contribution in [-0.4, -0.2) is 53.4 Å². The van der Waals surface area contributed by atoms with Crippen LogP contribution in [0.4, 0.5) is 5.69 Å². The Morgan fingerprint density at radius 1 is 1.21 bits per heavy atom. The van der Waals surface area contributed by atoms with E-state index in [2.05, 4.69) is 36.2 Å². The molecule has 1 aliphatic heterocycles. The smallest absolute Gasteiger partial charge is 0.270 e. The van der Waals surface area contributed by atoms with Crippen LogP contribution >= 0.6 is 24.0 Å². The van der Waals surface area contributed by atoms with Gasteiger partial charge in [-0.05, 0) is 37.9 Å². The fourth-order valence-corrected chi connectivity index (χ4v) is 3.86. The summed E-state index contributed by atoms with van der Waals surface area (Å²) in [4.78, 5) is 27.2. The van der Waals surface area contributed by atoms with Crippen LogP contribution in [0.25, 0.3) is 0 Å². The second-order valence-electron chi connectivity index (χ2n) is 7.16. The lowest BCUT2D eigenvalue weighted by Gasteiger charge is -2.37. The fourth-order valence-electron chi connectivity index (χ4n) is 3.60. The van der Waals surface area contributed by atoms with E-state index in [0.29, 0.717) is 24.7 Å². The molecule has 0 aromatic heterocycles. The summed E-state index contributed by atoms with van der Waals surface area (Å²) in [5.41, 5.74) is 1.54. The van der Waals surface area contributed by atoms with Crippen molar-refractivity contribution in [1.82, 2.24) is 9.80 Å². The highest BCUT2D eigenvalue weighted by molar-refractivity contribution is 6.34. The lowest BCUT2D eigenvalue weighted by molar-refractivity contribution is -0.384. The number of carbonyl (C=O) groups is 1. The van der Waals surface area contributed by atoms with E-state index >= 15 is 0 Å². The second kappa shape index (κ2) is 10.6. The van der Waals surface area contributed by atoms with E-state index in [4.69, 9.17) is 11.6 Å². The predicted molar refractivity (Wildman–Crippen MR) is 117 cm³/mol. The SMILES string of the molecule is CN(CCc1ccccc1)C1CCN(C(=O)c2ccc([N+](=O)[O-])cc2Cl)CC1.Cl. The molecule has 1 heterocycles. The van der Waals surface area contributed by atoms with Crippen LogP contribution in [0.15, 0.2) is 48.5 Å². The zero-order valence-corrected chi connectivity index (χ0v) is 17.9. The van der Waals surface area contributed by atoms with E-state index in [-0.39, 0.29) is 29.0 Å². The number of benzene rings is 2. The molecular formula is C21H25Cl2N3O3. The number of likely N-dealkylation sites (tertiary alicyclic amines) is 1. The monoisotopic (exact) mass is 437 g/mol. The minimum absolute atomic E-state index is 0. The number of piperidine rings is 1. The Morgan fingerprint density at radius 2 is 1.86 bits per heavy atom. The molecular weight excluding hydrogens is 413 g/mol. The third-order valence-corrected chi connectivity index (χ3v) is 5.68. The Morgan fingerprint density at radius 3 is 2.45 bits per heavy atom. The number of nitro benzene ring substituents is 1. The summed E-state index contributed by atoms with van der Waals surface area (Å²) in [6.45, 7) is 2.30. The van der Waals surface area contributed by atoms with Crippen LogP contribution in [0.3, 0.4) is 0 Å². The molecule has 0 radical (unpaired) electrons. The molecule has 156 valence electrons. The van der Waals surface area contributed by atoms with E-state index in [0.717, 1.165) is 25.8 Å². The van der Waals surface area contributed by atoms with Gasteiger partial charge in [0, 0.05) is 37.8 Å². The Hall–Kier alpha value is -2.15. The van der Waals surface area contributed by atoms with E-state index in [1.165, 1.54) is 23.8 Å². The van der Waals surface area contributed by atoms with Gasteiger partial charge in [-0.3, -0.25) is 14.9 Å². The molecule has 3 rings (SSSR count). The van der Waals surface area contributed by atoms with Gasteiger partial charge in [0.25, 0.3) is 11.6 Å². The number of carbonyl (C=O) groups excluding carboxylic acids is 1. The first-order valence-corrected chi connectivity index (χ1v) is 9.81. The molecule has 29 heavy (non-hydrogen) atoms. The summed E-state index contributed by atoms with van der Waals surface area (Å²) in [5.74, 6) is -0.162. The van der Waals surface area contributed by atoms with E-state index in [1.54, 1.807) is 4.90 Å². The zero-order chi connectivity index (χ0) is 20.1. The van der Waals surface area contributed by atoms with Crippen molar-refractivity contribution in [1.29, 1.82) is 0 Å². The van der Waals surface area contributed by atoms with Gasteiger partial charge in [-0.2, -0.15) is 0 Å². The van der Waals surface area contributed by atoms with Gasteiger partial charge in [-0.25, -0.2) is 0 Å². The summed E-state index contributed by atoms with van der Waals surface area (Å²) < 4.78 is 0. The maximum atomic E-state index is 12.7. The van der Waals surface area contributed by atoms with Gasteiger partial charge in [0.2, 0.25) is 0 Å². The number of non-ortho nitro benzene ring substituents is 1. The minimum Gasteiger partial charge on any atom is -0.338 e. The lowest BCUT2D eigenvalue weighted by Crippen LogP contribution is -2.46. The minimum atomic E-state index is -0.517. The van der Waals surface area contributed by atoms with Gasteiger partial charge in [0.05, 0.1) is 15.5 Å². The van der Waals surface area contributed by atoms with Crippen molar-refractivity contribution in [3.8, 4) is 0 Å². The molecule has 0 saturated carbocycles. The van der Waals surface area contributed by atoms with E-state index in [1.807, 2.05) is 6.07 Å². The highest BCUT2D eigenvalue weighted by Gasteiger charge is 2.27. The third-order valence-electron chi connectivity index (χ3n) is 5.36. The number of hydrogen-bond acceptors (Lipinski definition) is 4. The molecule has 1 aliphatic rings. The van der Waals surface area contributed by atoms with Crippen molar-refractivity contribution in [2.45, 2.75) is 25.3 Å². The topological polar surface area (TPSA) is 66.7 Å². The number of nitrogens with zero attached hydrogens (tertiary/aromatic N) is 3. The number of rotatable bonds is 6. The molecule has 1 fully saturated rings. The maximum absolute atomic E-state index is 12.7. The summed E-state index contributed by atoms with van der Waals surface area (Å²) in [6.07, 6.45) is 2.82. The molecule has 1 amide bonds. The quantitative estimate of drug-likeness (QED) is 0.494. The van der Waals surface area contributed by atoms with Crippen LogP contribution in [0.1, 0.15) is 28.8 Å². The summed E-state index contributed by atoms with van der Waals surface area (Å²) >= 11 is 6.11. The van der Waals surface area contributed by atoms with Crippen LogP contribution in [0.2, 0.25) is 5.02 Å². The number of amides is 1. The third kappa shape index (κ3) is 5.92. The van der Waals surface area contributed by atoms with Crippen LogP contribution in [-0.2, 0) is 6.42 Å². The average Bonchev–Trinajstić information content (AvgIpc) is 2.72. The fraction of sp³-hybridized carbons (Fsp3) is 0.381. The molecule has 0 spiro atoms. The summed E-state index contributed by atoms with van der Waals surface area (Å²) in [7, 11) is 2.14. The van der Waals surface area contributed by atoms with Crippen molar-refractivity contribution in [2.75, 3.05) is 26.7 Å². The van der Waals surface area contributed by atoms with Crippen LogP contribution < -0.4 is 0 Å². The number of nitro groups is 1. The Bertz CT molecular complexity index is 840. The second-order valence-corrected chi connectivity index (χ2v) is 7.57. The Labute approximate surface area is 182 Å². The normalized spacial score (nSPS) is 14.5. The van der Waals surface area contributed by atoms with E-state index in [9.17, 15) is 14.9 Å². The van der Waals surface area contributed by atoms with Gasteiger partial charge in [0.1, 0.15) is 0 Å². The van der Waals surface area contributed by atoms with Gasteiger partial charge in [-0.15, -0.1) is 12.4 Å². The number of halogens is 2. The molecule has 0 atom stereocenters. The lowest BCUT2D eigenvalue weighted by atomic mass is 10.0. The van der Waals surface area contributed by atoms with Gasteiger partial charge < -0.3 is 9.80 Å². The highest BCUT2D eigenvalue weighted by atomic mass is 35.5. The molecule has 2 aromatic carbocycles. The highest BCUT2D eigenvalue weighted by Crippen LogP contribution is 2.25. The van der Waals surface area contributed by atoms with Crippen molar-refractivity contribution in [3.63, 3.8) is 0 Å².